The molecule has 0 spiro atoms. The van der Waals surface area contributed by atoms with E-state index in [1.165, 1.54) is 0 Å². The van der Waals surface area contributed by atoms with Crippen molar-refractivity contribution in [3.8, 4) is 0 Å². The second-order valence-corrected chi connectivity index (χ2v) is 4.74. The van der Waals surface area contributed by atoms with Crippen molar-refractivity contribution < 1.29 is 14.7 Å². The number of carboxylic acid groups (broad SMARTS) is 1. The summed E-state index contributed by atoms with van der Waals surface area (Å²) in [5, 5.41) is 13.2. The van der Waals surface area contributed by atoms with E-state index in [-0.39, 0.29) is 5.91 Å². The standard InChI is InChI=1S/C12H17N3O3/c1-7-10(8(2)14(3)13-7)11(16)15-5-4-9(6-15)12(17)18/h9H,4-6H2,1-3H3,(H,17,18). The van der Waals surface area contributed by atoms with E-state index >= 15 is 0 Å². The Morgan fingerprint density at radius 3 is 2.50 bits per heavy atom. The first-order chi connectivity index (χ1) is 8.41. The predicted octanol–water partition coefficient (Wildman–Crippen LogP) is 0.584. The van der Waals surface area contributed by atoms with Crippen LogP contribution in [-0.4, -0.2) is 44.8 Å². The maximum Gasteiger partial charge on any atom is 0.308 e. The Labute approximate surface area is 105 Å². The maximum absolute atomic E-state index is 12.3. The molecule has 1 atom stereocenters. The third-order valence-electron chi connectivity index (χ3n) is 3.55. The van der Waals surface area contributed by atoms with Gasteiger partial charge >= 0.3 is 5.97 Å². The summed E-state index contributed by atoms with van der Waals surface area (Å²) in [6.45, 7) is 4.44. The minimum absolute atomic E-state index is 0.109. The molecule has 0 radical (unpaired) electrons. The molecule has 6 nitrogen and oxygen atoms in total. The van der Waals surface area contributed by atoms with Gasteiger partial charge in [-0.1, -0.05) is 0 Å². The first-order valence-electron chi connectivity index (χ1n) is 5.94. The lowest BCUT2D eigenvalue weighted by Gasteiger charge is -2.15. The van der Waals surface area contributed by atoms with Crippen LogP contribution in [0.4, 0.5) is 0 Å². The average Bonchev–Trinajstić information content (AvgIpc) is 2.85. The molecule has 1 aromatic rings. The lowest BCUT2D eigenvalue weighted by atomic mass is 10.1. The lowest BCUT2D eigenvalue weighted by Crippen LogP contribution is -2.30. The van der Waals surface area contributed by atoms with Gasteiger partial charge in [0, 0.05) is 25.8 Å². The number of amides is 1. The van der Waals surface area contributed by atoms with E-state index in [1.807, 2.05) is 6.92 Å². The number of aromatic nitrogens is 2. The Kier molecular flexibility index (Phi) is 3.11. The molecule has 1 amide bonds. The van der Waals surface area contributed by atoms with E-state index < -0.39 is 11.9 Å². The van der Waals surface area contributed by atoms with Gasteiger partial charge in [-0.2, -0.15) is 5.10 Å². The molecule has 1 unspecified atom stereocenters. The van der Waals surface area contributed by atoms with Gasteiger partial charge in [-0.15, -0.1) is 0 Å². The summed E-state index contributed by atoms with van der Waals surface area (Å²) in [5.41, 5.74) is 2.11. The molecule has 1 aromatic heterocycles. The van der Waals surface area contributed by atoms with Gasteiger partial charge in [0.15, 0.2) is 0 Å². The molecule has 1 N–H and O–H groups in total. The van der Waals surface area contributed by atoms with Crippen molar-refractivity contribution in [2.75, 3.05) is 13.1 Å². The van der Waals surface area contributed by atoms with E-state index in [0.717, 1.165) is 5.69 Å². The molecule has 0 saturated carbocycles. The van der Waals surface area contributed by atoms with Crippen molar-refractivity contribution in [3.05, 3.63) is 17.0 Å². The third-order valence-corrected chi connectivity index (χ3v) is 3.55. The number of aryl methyl sites for hydroxylation is 2. The summed E-state index contributed by atoms with van der Waals surface area (Å²) in [5.74, 6) is -1.38. The normalized spacial score (nSPS) is 19.3. The molecule has 0 aromatic carbocycles. The minimum Gasteiger partial charge on any atom is -0.481 e. The van der Waals surface area contributed by atoms with Crippen LogP contribution in [-0.2, 0) is 11.8 Å². The molecule has 0 aliphatic carbocycles. The molecule has 1 aliphatic heterocycles. The van der Waals surface area contributed by atoms with Crippen molar-refractivity contribution >= 4 is 11.9 Å². The molecule has 18 heavy (non-hydrogen) atoms. The molecule has 6 heteroatoms. The smallest absolute Gasteiger partial charge is 0.308 e. The molecule has 98 valence electrons. The van der Waals surface area contributed by atoms with Crippen LogP contribution >= 0.6 is 0 Å². The Hall–Kier alpha value is -1.85. The fourth-order valence-electron chi connectivity index (χ4n) is 2.39. The van der Waals surface area contributed by atoms with Gasteiger partial charge in [-0.3, -0.25) is 14.3 Å². The van der Waals surface area contributed by atoms with Crippen molar-refractivity contribution in [3.63, 3.8) is 0 Å². The summed E-state index contributed by atoms with van der Waals surface area (Å²) >= 11 is 0. The highest BCUT2D eigenvalue weighted by Gasteiger charge is 2.33. The van der Waals surface area contributed by atoms with Crippen LogP contribution in [0, 0.1) is 19.8 Å². The minimum atomic E-state index is -0.829. The van der Waals surface area contributed by atoms with E-state index in [2.05, 4.69) is 5.10 Å². The highest BCUT2D eigenvalue weighted by atomic mass is 16.4. The Morgan fingerprint density at radius 1 is 1.39 bits per heavy atom. The van der Waals surface area contributed by atoms with Gasteiger partial charge in [0.1, 0.15) is 0 Å². The first kappa shape index (κ1) is 12.6. The molecular formula is C12H17N3O3. The largest absolute Gasteiger partial charge is 0.481 e. The second kappa shape index (κ2) is 4.44. The number of aliphatic carboxylic acids is 1. The fraction of sp³-hybridized carbons (Fsp3) is 0.583. The summed E-state index contributed by atoms with van der Waals surface area (Å²) in [6, 6.07) is 0. The highest BCUT2D eigenvalue weighted by Crippen LogP contribution is 2.21. The van der Waals surface area contributed by atoms with Crippen LogP contribution < -0.4 is 0 Å². The van der Waals surface area contributed by atoms with Crippen LogP contribution in [0.1, 0.15) is 28.2 Å². The quantitative estimate of drug-likeness (QED) is 0.834. The van der Waals surface area contributed by atoms with Crippen LogP contribution in [0.2, 0.25) is 0 Å². The lowest BCUT2D eigenvalue weighted by molar-refractivity contribution is -0.141. The molecular weight excluding hydrogens is 234 g/mol. The van der Waals surface area contributed by atoms with Crippen LogP contribution in [0.25, 0.3) is 0 Å². The van der Waals surface area contributed by atoms with E-state index in [1.54, 1.807) is 23.6 Å². The first-order valence-corrected chi connectivity index (χ1v) is 5.94. The number of carbonyl (C=O) groups is 2. The third kappa shape index (κ3) is 1.98. The zero-order valence-electron chi connectivity index (χ0n) is 10.8. The van der Waals surface area contributed by atoms with Crippen molar-refractivity contribution in [1.29, 1.82) is 0 Å². The summed E-state index contributed by atoms with van der Waals surface area (Å²) in [6.07, 6.45) is 0.527. The van der Waals surface area contributed by atoms with E-state index in [0.29, 0.717) is 30.8 Å². The summed E-state index contributed by atoms with van der Waals surface area (Å²) in [7, 11) is 1.79. The van der Waals surface area contributed by atoms with Gasteiger partial charge in [0.05, 0.1) is 17.2 Å². The van der Waals surface area contributed by atoms with E-state index in [9.17, 15) is 9.59 Å². The molecule has 0 bridgehead atoms. The number of hydrogen-bond acceptors (Lipinski definition) is 3. The topological polar surface area (TPSA) is 75.4 Å². The second-order valence-electron chi connectivity index (χ2n) is 4.74. The van der Waals surface area contributed by atoms with Gasteiger partial charge in [0.2, 0.25) is 0 Å². The zero-order chi connectivity index (χ0) is 13.4. The van der Waals surface area contributed by atoms with Gasteiger partial charge < -0.3 is 10.0 Å². The number of nitrogens with zero attached hydrogens (tertiary/aromatic N) is 3. The highest BCUT2D eigenvalue weighted by molar-refractivity contribution is 5.96. The van der Waals surface area contributed by atoms with Crippen molar-refractivity contribution in [1.82, 2.24) is 14.7 Å². The SMILES string of the molecule is Cc1nn(C)c(C)c1C(=O)N1CCC(C(=O)O)C1. The number of carbonyl (C=O) groups excluding carboxylic acids is 1. The van der Waals surface area contributed by atoms with Gasteiger partial charge in [0.25, 0.3) is 5.91 Å². The van der Waals surface area contributed by atoms with Gasteiger partial charge in [-0.05, 0) is 20.3 Å². The fourth-order valence-corrected chi connectivity index (χ4v) is 2.39. The molecule has 2 rings (SSSR count). The predicted molar refractivity (Wildman–Crippen MR) is 64.3 cm³/mol. The number of likely N-dealkylation sites (tertiary alicyclic amines) is 1. The average molecular weight is 251 g/mol. The molecule has 1 aliphatic rings. The monoisotopic (exact) mass is 251 g/mol. The van der Waals surface area contributed by atoms with E-state index in [4.69, 9.17) is 5.11 Å². The number of carboxylic acids is 1. The van der Waals surface area contributed by atoms with Crippen LogP contribution in [0.15, 0.2) is 0 Å². The Bertz CT molecular complexity index is 507. The van der Waals surface area contributed by atoms with Crippen LogP contribution in [0.5, 0.6) is 0 Å². The number of hydrogen-bond donors (Lipinski definition) is 1. The zero-order valence-corrected chi connectivity index (χ0v) is 10.8. The Morgan fingerprint density at radius 2 is 2.06 bits per heavy atom. The summed E-state index contributed by atoms with van der Waals surface area (Å²) < 4.78 is 1.67. The summed E-state index contributed by atoms with van der Waals surface area (Å²) in [4.78, 5) is 24.8. The van der Waals surface area contributed by atoms with Crippen molar-refractivity contribution in [2.24, 2.45) is 13.0 Å². The van der Waals surface area contributed by atoms with Gasteiger partial charge in [-0.25, -0.2) is 0 Å². The Balaban J connectivity index is 2.20. The molecule has 2 heterocycles. The molecule has 1 saturated heterocycles. The van der Waals surface area contributed by atoms with Crippen LogP contribution in [0.3, 0.4) is 0 Å². The maximum atomic E-state index is 12.3. The molecule has 1 fully saturated rings. The van der Waals surface area contributed by atoms with Crippen molar-refractivity contribution in [2.45, 2.75) is 20.3 Å². The number of rotatable bonds is 2.